The molecule has 0 aliphatic carbocycles. The van der Waals surface area contributed by atoms with Gasteiger partial charge in [-0.25, -0.2) is 0 Å². The van der Waals surface area contributed by atoms with Gasteiger partial charge in [-0.05, 0) is 6.42 Å². The van der Waals surface area contributed by atoms with Crippen molar-refractivity contribution in [2.45, 2.75) is 6.42 Å². The van der Waals surface area contributed by atoms with Gasteiger partial charge in [-0.2, -0.15) is 0 Å². The normalized spacial score (nSPS) is 9.43. The maximum absolute atomic E-state index is 8.14. The third-order valence-electron chi connectivity index (χ3n) is 0.459. The number of aliphatic hydroxyl groups is 1. The molecule has 2 N–H and O–H groups in total. The van der Waals surface area contributed by atoms with Gasteiger partial charge in [-0.1, -0.05) is 0 Å². The molecule has 0 heterocycles. The lowest BCUT2D eigenvalue weighted by molar-refractivity contribution is 0.0818. The molecule has 0 amide bonds. The average Bonchev–Trinajstić information content (AvgIpc) is 1.69. The highest BCUT2D eigenvalue weighted by Gasteiger charge is 1.80. The van der Waals surface area contributed by atoms with E-state index in [0.717, 1.165) is 0 Å². The van der Waals surface area contributed by atoms with Crippen LogP contribution in [0.4, 0.5) is 0 Å². The minimum absolute atomic E-state index is 0.137. The van der Waals surface area contributed by atoms with Gasteiger partial charge in [0.25, 0.3) is 0 Å². The van der Waals surface area contributed by atoms with Crippen molar-refractivity contribution in [2.24, 2.45) is 0 Å². The largest absolute Gasteiger partial charge is 0.396 e. The van der Waals surface area contributed by atoms with Crippen LogP contribution in [0.5, 0.6) is 0 Å². The molecule has 44 valence electrons. The van der Waals surface area contributed by atoms with E-state index < -0.39 is 0 Å². The molecule has 0 fully saturated rings. The van der Waals surface area contributed by atoms with Crippen LogP contribution in [-0.4, -0.2) is 18.3 Å². The summed E-state index contributed by atoms with van der Waals surface area (Å²) in [5.41, 5.74) is 0. The molecule has 0 rings (SSSR count). The number of hydrogen-bond donors (Lipinski definition) is 2. The first kappa shape index (κ1) is 7.17. The van der Waals surface area contributed by atoms with Gasteiger partial charge >= 0.3 is 0 Å². The zero-order valence-corrected chi connectivity index (χ0v) is 4.61. The molecule has 3 nitrogen and oxygen atoms in total. The Morgan fingerprint density at radius 2 is 2.43 bits per heavy atom. The summed E-state index contributed by atoms with van der Waals surface area (Å²) in [6, 6.07) is 0. The lowest BCUT2D eigenvalue weighted by Crippen LogP contribution is -2.03. The summed E-state index contributed by atoms with van der Waals surface area (Å²) in [4.78, 5) is 6.39. The maximum Gasteiger partial charge on any atom is 0.0719 e. The fraction of sp³-hybridized carbons (Fsp3) is 1.00. The number of halogens is 1. The van der Waals surface area contributed by atoms with Gasteiger partial charge in [0.1, 0.15) is 0 Å². The summed E-state index contributed by atoms with van der Waals surface area (Å²) >= 11 is 4.88. The van der Waals surface area contributed by atoms with Crippen molar-refractivity contribution in [1.82, 2.24) is 5.00 Å². The van der Waals surface area contributed by atoms with Crippen molar-refractivity contribution < 1.29 is 9.94 Å². The SMILES string of the molecule is OCCCONCl. The molecule has 0 aromatic heterocycles. The number of aliphatic hydroxyl groups excluding tert-OH is 1. The second-order valence-electron chi connectivity index (χ2n) is 1.00. The topological polar surface area (TPSA) is 41.5 Å². The van der Waals surface area contributed by atoms with E-state index in [2.05, 4.69) is 4.84 Å². The predicted molar refractivity (Wildman–Crippen MR) is 26.6 cm³/mol. The Morgan fingerprint density at radius 3 is 2.86 bits per heavy atom. The summed E-state index contributed by atoms with van der Waals surface area (Å²) in [7, 11) is 0. The zero-order valence-electron chi connectivity index (χ0n) is 3.85. The molecule has 0 bridgehead atoms. The van der Waals surface area contributed by atoms with E-state index in [-0.39, 0.29) is 6.61 Å². The number of nitrogens with one attached hydrogen (secondary N) is 1. The van der Waals surface area contributed by atoms with E-state index in [9.17, 15) is 0 Å². The van der Waals surface area contributed by atoms with Crippen LogP contribution >= 0.6 is 11.8 Å². The minimum atomic E-state index is 0.137. The second-order valence-corrected chi connectivity index (χ2v) is 1.16. The molecule has 0 aliphatic rings. The predicted octanol–water partition coefficient (Wildman–Crippen LogP) is 0.0438. The quantitative estimate of drug-likeness (QED) is 0.317. The van der Waals surface area contributed by atoms with E-state index in [1.54, 1.807) is 0 Å². The number of rotatable bonds is 4. The molecule has 0 saturated carbocycles. The van der Waals surface area contributed by atoms with Gasteiger partial charge in [0.2, 0.25) is 0 Å². The van der Waals surface area contributed by atoms with Crippen LogP contribution in [0.1, 0.15) is 6.42 Å². The van der Waals surface area contributed by atoms with Gasteiger partial charge in [0, 0.05) is 18.4 Å². The minimum Gasteiger partial charge on any atom is -0.396 e. The number of hydrogen-bond acceptors (Lipinski definition) is 3. The highest BCUT2D eigenvalue weighted by Crippen LogP contribution is 1.75. The van der Waals surface area contributed by atoms with E-state index in [0.29, 0.717) is 13.0 Å². The monoisotopic (exact) mass is 125 g/mol. The Bertz CT molecular complexity index is 32.1. The van der Waals surface area contributed by atoms with Crippen LogP contribution < -0.4 is 5.00 Å². The third kappa shape index (κ3) is 6.17. The Balaban J connectivity index is 2.45. The fourth-order valence-corrected chi connectivity index (χ4v) is 0.252. The van der Waals surface area contributed by atoms with Crippen molar-refractivity contribution in [2.75, 3.05) is 13.2 Å². The van der Waals surface area contributed by atoms with Crippen molar-refractivity contribution in [1.29, 1.82) is 0 Å². The Morgan fingerprint density at radius 1 is 1.71 bits per heavy atom. The van der Waals surface area contributed by atoms with Crippen LogP contribution in [0.15, 0.2) is 0 Å². The van der Waals surface area contributed by atoms with E-state index in [4.69, 9.17) is 16.9 Å². The lowest BCUT2D eigenvalue weighted by Gasteiger charge is -1.93. The van der Waals surface area contributed by atoms with Crippen LogP contribution in [0.25, 0.3) is 0 Å². The third-order valence-corrected chi connectivity index (χ3v) is 0.568. The van der Waals surface area contributed by atoms with Crippen LogP contribution in [0, 0.1) is 0 Å². The lowest BCUT2D eigenvalue weighted by atomic mass is 10.5. The standard InChI is InChI=1S/C3H8ClNO2/c4-5-7-3-1-2-6/h5-6H,1-3H2. The molecule has 0 aromatic carbocycles. The molecule has 0 spiro atoms. The summed E-state index contributed by atoms with van der Waals surface area (Å²) in [6.07, 6.45) is 0.611. The second kappa shape index (κ2) is 6.17. The summed E-state index contributed by atoms with van der Waals surface area (Å²) in [5.74, 6) is 0. The maximum atomic E-state index is 8.14. The van der Waals surface area contributed by atoms with Crippen molar-refractivity contribution >= 4 is 11.8 Å². The molecule has 7 heavy (non-hydrogen) atoms. The molecular formula is C3H8ClNO2. The Hall–Kier alpha value is 0.170. The Kier molecular flexibility index (Phi) is 6.32. The molecule has 0 aliphatic heterocycles. The van der Waals surface area contributed by atoms with Gasteiger partial charge in [0.15, 0.2) is 0 Å². The van der Waals surface area contributed by atoms with Gasteiger partial charge in [0.05, 0.1) is 6.61 Å². The first-order valence-corrected chi connectivity index (χ1v) is 2.38. The highest BCUT2D eigenvalue weighted by atomic mass is 35.5. The summed E-state index contributed by atoms with van der Waals surface area (Å²) in [5, 5.41) is 8.14. The molecule has 0 aromatic rings. The van der Waals surface area contributed by atoms with Gasteiger partial charge < -0.3 is 5.11 Å². The van der Waals surface area contributed by atoms with E-state index in [1.807, 2.05) is 5.00 Å². The molecule has 4 heteroatoms. The van der Waals surface area contributed by atoms with E-state index in [1.165, 1.54) is 0 Å². The van der Waals surface area contributed by atoms with Gasteiger partial charge in [-0.15, -0.1) is 5.00 Å². The molecule has 0 radical (unpaired) electrons. The average molecular weight is 126 g/mol. The van der Waals surface area contributed by atoms with Crippen LogP contribution in [0.2, 0.25) is 0 Å². The molecule has 0 unspecified atom stereocenters. The first-order valence-electron chi connectivity index (χ1n) is 2.00. The molecule has 0 atom stereocenters. The van der Waals surface area contributed by atoms with Crippen LogP contribution in [0.3, 0.4) is 0 Å². The Labute approximate surface area is 47.3 Å². The van der Waals surface area contributed by atoms with Crippen molar-refractivity contribution in [3.8, 4) is 0 Å². The first-order chi connectivity index (χ1) is 3.41. The van der Waals surface area contributed by atoms with Crippen LogP contribution in [-0.2, 0) is 4.84 Å². The van der Waals surface area contributed by atoms with Crippen molar-refractivity contribution in [3.63, 3.8) is 0 Å². The summed E-state index contributed by atoms with van der Waals surface area (Å²) < 4.78 is 0. The zero-order chi connectivity index (χ0) is 5.54. The smallest absolute Gasteiger partial charge is 0.0719 e. The van der Waals surface area contributed by atoms with E-state index >= 15 is 0 Å². The molecule has 0 saturated heterocycles. The highest BCUT2D eigenvalue weighted by molar-refractivity contribution is 6.12. The van der Waals surface area contributed by atoms with Gasteiger partial charge in [-0.3, -0.25) is 4.84 Å². The van der Waals surface area contributed by atoms with Crippen molar-refractivity contribution in [3.05, 3.63) is 0 Å². The molecular weight excluding hydrogens is 117 g/mol. The summed E-state index contributed by atoms with van der Waals surface area (Å²) in [6.45, 7) is 0.582. The fourth-order valence-electron chi connectivity index (χ4n) is 0.175.